The predicted molar refractivity (Wildman–Crippen MR) is 103 cm³/mol. The molecule has 1 aromatic heterocycles. The van der Waals surface area contributed by atoms with Crippen LogP contribution in [0.5, 0.6) is 5.75 Å². The van der Waals surface area contributed by atoms with Gasteiger partial charge in [-0.05, 0) is 44.2 Å². The Bertz CT molecular complexity index is 881. The van der Waals surface area contributed by atoms with Gasteiger partial charge in [-0.3, -0.25) is 0 Å². The number of aryl methyl sites for hydroxylation is 2. The van der Waals surface area contributed by atoms with Gasteiger partial charge in [0.15, 0.2) is 0 Å². The van der Waals surface area contributed by atoms with Crippen LogP contribution in [0.3, 0.4) is 0 Å². The first-order valence-corrected chi connectivity index (χ1v) is 8.21. The summed E-state index contributed by atoms with van der Waals surface area (Å²) in [7, 11) is 1.62. The Balaban J connectivity index is 1.87. The van der Waals surface area contributed by atoms with Gasteiger partial charge in [0.1, 0.15) is 23.2 Å². The molecule has 0 aliphatic carbocycles. The summed E-state index contributed by atoms with van der Waals surface area (Å²) in [4.78, 5) is 8.86. The van der Waals surface area contributed by atoms with Gasteiger partial charge in [-0.15, -0.1) is 0 Å². The normalized spacial score (nSPS) is 10.4. The third-order valence-electron chi connectivity index (χ3n) is 3.59. The third kappa shape index (κ3) is 4.39. The summed E-state index contributed by atoms with van der Waals surface area (Å²) in [6, 6.07) is 15.3. The van der Waals surface area contributed by atoms with E-state index >= 15 is 0 Å². The van der Waals surface area contributed by atoms with E-state index in [-0.39, 0.29) is 0 Å². The first-order chi connectivity index (χ1) is 12.0. The first-order valence-electron chi connectivity index (χ1n) is 7.83. The highest BCUT2D eigenvalue weighted by molar-refractivity contribution is 6.31. The Hall–Kier alpha value is -2.79. The highest BCUT2D eigenvalue weighted by Crippen LogP contribution is 2.30. The topological polar surface area (TPSA) is 59.1 Å². The van der Waals surface area contributed by atoms with Crippen LogP contribution in [0, 0.1) is 13.8 Å². The number of halogens is 1. The van der Waals surface area contributed by atoms with Gasteiger partial charge in [-0.25, -0.2) is 9.97 Å². The van der Waals surface area contributed by atoms with Gasteiger partial charge in [0.25, 0.3) is 0 Å². The Kier molecular flexibility index (Phi) is 5.05. The van der Waals surface area contributed by atoms with E-state index in [2.05, 4.69) is 27.5 Å². The lowest BCUT2D eigenvalue weighted by molar-refractivity contribution is 0.417. The molecule has 0 amide bonds. The van der Waals surface area contributed by atoms with Gasteiger partial charge in [-0.2, -0.15) is 0 Å². The van der Waals surface area contributed by atoms with E-state index < -0.39 is 0 Å². The molecule has 1 heterocycles. The lowest BCUT2D eigenvalue weighted by atomic mass is 10.2. The van der Waals surface area contributed by atoms with Crippen LogP contribution in [0.1, 0.15) is 11.4 Å². The molecule has 3 rings (SSSR count). The SMILES string of the molecule is COc1ccc(Cl)cc1Nc1cc(Nc2ccc(C)cc2)nc(C)n1. The van der Waals surface area contributed by atoms with E-state index in [0.29, 0.717) is 28.2 Å². The van der Waals surface area contributed by atoms with Crippen LogP contribution in [0.25, 0.3) is 0 Å². The fourth-order valence-corrected chi connectivity index (χ4v) is 2.57. The molecule has 2 aromatic carbocycles. The summed E-state index contributed by atoms with van der Waals surface area (Å²) in [5, 5.41) is 7.15. The summed E-state index contributed by atoms with van der Waals surface area (Å²) in [6.07, 6.45) is 0. The summed E-state index contributed by atoms with van der Waals surface area (Å²) in [5.74, 6) is 2.71. The van der Waals surface area contributed by atoms with Crippen LogP contribution in [0.2, 0.25) is 5.02 Å². The second kappa shape index (κ2) is 7.40. The van der Waals surface area contributed by atoms with Crippen molar-refractivity contribution in [1.29, 1.82) is 0 Å². The van der Waals surface area contributed by atoms with Crippen LogP contribution in [-0.4, -0.2) is 17.1 Å². The van der Waals surface area contributed by atoms with E-state index in [1.54, 1.807) is 19.2 Å². The molecule has 0 fully saturated rings. The monoisotopic (exact) mass is 354 g/mol. The van der Waals surface area contributed by atoms with Crippen molar-refractivity contribution >= 4 is 34.6 Å². The van der Waals surface area contributed by atoms with Crippen LogP contribution in [0.4, 0.5) is 23.0 Å². The molecule has 6 heteroatoms. The molecule has 3 aromatic rings. The molecule has 0 unspecified atom stereocenters. The summed E-state index contributed by atoms with van der Waals surface area (Å²) < 4.78 is 5.36. The van der Waals surface area contributed by atoms with Crippen molar-refractivity contribution < 1.29 is 4.74 Å². The second-order valence-corrected chi connectivity index (χ2v) is 6.08. The molecule has 2 N–H and O–H groups in total. The minimum Gasteiger partial charge on any atom is -0.495 e. The summed E-state index contributed by atoms with van der Waals surface area (Å²) >= 11 is 6.08. The van der Waals surface area contributed by atoms with Gasteiger partial charge >= 0.3 is 0 Å². The van der Waals surface area contributed by atoms with Crippen LogP contribution in [0.15, 0.2) is 48.5 Å². The van der Waals surface area contributed by atoms with Crippen LogP contribution in [-0.2, 0) is 0 Å². The zero-order valence-electron chi connectivity index (χ0n) is 14.3. The van der Waals surface area contributed by atoms with Gasteiger partial charge < -0.3 is 15.4 Å². The average molecular weight is 355 g/mol. The van der Waals surface area contributed by atoms with Crippen molar-refractivity contribution in [3.8, 4) is 5.75 Å². The van der Waals surface area contributed by atoms with Crippen LogP contribution < -0.4 is 15.4 Å². The number of rotatable bonds is 5. The van der Waals surface area contributed by atoms with Crippen molar-refractivity contribution in [2.75, 3.05) is 17.7 Å². The maximum Gasteiger partial charge on any atom is 0.142 e. The average Bonchev–Trinajstić information content (AvgIpc) is 2.57. The number of ether oxygens (including phenoxy) is 1. The largest absolute Gasteiger partial charge is 0.495 e. The molecule has 128 valence electrons. The molecule has 0 aliphatic heterocycles. The molecule has 0 aliphatic rings. The minimum atomic E-state index is 0.618. The molecule has 0 atom stereocenters. The van der Waals surface area contributed by atoms with E-state index in [4.69, 9.17) is 16.3 Å². The lowest BCUT2D eigenvalue weighted by Gasteiger charge is -2.13. The maximum absolute atomic E-state index is 6.08. The molecule has 5 nitrogen and oxygen atoms in total. The zero-order chi connectivity index (χ0) is 17.8. The molecule has 0 saturated carbocycles. The molecule has 0 bridgehead atoms. The standard InChI is InChI=1S/C19H19ClN4O/c1-12-4-7-15(8-5-12)23-18-11-19(22-13(2)21-18)24-16-10-14(20)6-9-17(16)25-3/h4-11H,1-3H3,(H2,21,22,23,24). The lowest BCUT2D eigenvalue weighted by Crippen LogP contribution is -2.02. The van der Waals surface area contributed by atoms with Gasteiger partial charge in [0.05, 0.1) is 12.8 Å². The highest BCUT2D eigenvalue weighted by Gasteiger charge is 2.08. The molecule has 0 saturated heterocycles. The summed E-state index contributed by atoms with van der Waals surface area (Å²) in [5.41, 5.74) is 2.92. The number of hydrogen-bond donors (Lipinski definition) is 2. The molecular formula is C19H19ClN4O. The fourth-order valence-electron chi connectivity index (χ4n) is 2.40. The predicted octanol–water partition coefficient (Wildman–Crippen LogP) is 5.24. The Labute approximate surface area is 152 Å². The molecule has 0 spiro atoms. The van der Waals surface area contributed by atoms with Crippen molar-refractivity contribution in [2.24, 2.45) is 0 Å². The summed E-state index contributed by atoms with van der Waals surface area (Å²) in [6.45, 7) is 3.90. The van der Waals surface area contributed by atoms with E-state index in [1.165, 1.54) is 5.56 Å². The number of benzene rings is 2. The Morgan fingerprint density at radius 3 is 2.24 bits per heavy atom. The third-order valence-corrected chi connectivity index (χ3v) is 3.82. The minimum absolute atomic E-state index is 0.618. The second-order valence-electron chi connectivity index (χ2n) is 5.65. The van der Waals surface area contributed by atoms with Crippen molar-refractivity contribution in [3.63, 3.8) is 0 Å². The number of nitrogens with one attached hydrogen (secondary N) is 2. The first kappa shape index (κ1) is 17.0. The Morgan fingerprint density at radius 2 is 1.56 bits per heavy atom. The Morgan fingerprint density at radius 1 is 0.880 bits per heavy atom. The smallest absolute Gasteiger partial charge is 0.142 e. The number of methoxy groups -OCH3 is 1. The number of aromatic nitrogens is 2. The molecular weight excluding hydrogens is 336 g/mol. The van der Waals surface area contributed by atoms with Gasteiger partial charge in [0.2, 0.25) is 0 Å². The zero-order valence-corrected chi connectivity index (χ0v) is 15.1. The maximum atomic E-state index is 6.08. The van der Waals surface area contributed by atoms with Crippen LogP contribution >= 0.6 is 11.6 Å². The number of anilines is 4. The van der Waals surface area contributed by atoms with Gasteiger partial charge in [-0.1, -0.05) is 29.3 Å². The fraction of sp³-hybridized carbons (Fsp3) is 0.158. The van der Waals surface area contributed by atoms with E-state index in [9.17, 15) is 0 Å². The van der Waals surface area contributed by atoms with Crippen molar-refractivity contribution in [1.82, 2.24) is 9.97 Å². The number of nitrogens with zero attached hydrogens (tertiary/aromatic N) is 2. The quantitative estimate of drug-likeness (QED) is 0.656. The van der Waals surface area contributed by atoms with E-state index in [0.717, 1.165) is 11.4 Å². The van der Waals surface area contributed by atoms with Gasteiger partial charge in [0, 0.05) is 16.8 Å². The molecule has 25 heavy (non-hydrogen) atoms. The molecule has 0 radical (unpaired) electrons. The van der Waals surface area contributed by atoms with E-state index in [1.807, 2.05) is 43.3 Å². The highest BCUT2D eigenvalue weighted by atomic mass is 35.5. The van der Waals surface area contributed by atoms with Crippen molar-refractivity contribution in [3.05, 3.63) is 64.9 Å². The van der Waals surface area contributed by atoms with Crippen molar-refractivity contribution in [2.45, 2.75) is 13.8 Å². The number of hydrogen-bond acceptors (Lipinski definition) is 5.